The van der Waals surface area contributed by atoms with Gasteiger partial charge >= 0.3 is 12.3 Å². The van der Waals surface area contributed by atoms with E-state index in [1.807, 2.05) is 0 Å². The van der Waals surface area contributed by atoms with E-state index in [0.29, 0.717) is 12.1 Å². The average Bonchev–Trinajstić information content (AvgIpc) is 3.03. The quantitative estimate of drug-likeness (QED) is 0.369. The first-order valence-corrected chi connectivity index (χ1v) is 9.11. The van der Waals surface area contributed by atoms with Crippen molar-refractivity contribution in [3.05, 3.63) is 46.7 Å². The summed E-state index contributed by atoms with van der Waals surface area (Å²) in [5, 5.41) is 8.74. The summed E-state index contributed by atoms with van der Waals surface area (Å²) in [4.78, 5) is 27.7. The van der Waals surface area contributed by atoms with Gasteiger partial charge in [0.05, 0.1) is 6.54 Å². The van der Waals surface area contributed by atoms with Crippen molar-refractivity contribution in [3.63, 3.8) is 0 Å². The van der Waals surface area contributed by atoms with Gasteiger partial charge in [-0.25, -0.2) is 18.0 Å². The van der Waals surface area contributed by atoms with Gasteiger partial charge in [0.2, 0.25) is 17.6 Å². The van der Waals surface area contributed by atoms with Gasteiger partial charge in [0.1, 0.15) is 11.5 Å². The highest BCUT2D eigenvalue weighted by molar-refractivity contribution is 5.85. The molecule has 1 aliphatic rings. The molecule has 15 heteroatoms. The Kier molecular flexibility index (Phi) is 7.85. The fraction of sp³-hybridized carbons (Fsp3) is 0.389. The standard InChI is InChI=1S/C18H16F6N4O4.ClH/c19-10-6-12(21)11(20)4-8(10)3-9(25)5-14(29)27-1-2-28-13(7-27)15(32-17(30)31)26-16(28)18(22,23)24;/h4,6,9H,1-3,5,7,25H2,(H,30,31);1H/t9-;/m1./s1. The fourth-order valence-corrected chi connectivity index (χ4v) is 3.36. The Morgan fingerprint density at radius 1 is 1.15 bits per heavy atom. The van der Waals surface area contributed by atoms with E-state index in [1.165, 1.54) is 0 Å². The van der Waals surface area contributed by atoms with Crippen molar-refractivity contribution < 1.29 is 45.8 Å². The fourth-order valence-electron chi connectivity index (χ4n) is 3.36. The second-order valence-electron chi connectivity index (χ2n) is 7.05. The monoisotopic (exact) mass is 502 g/mol. The minimum absolute atomic E-state index is 0. The van der Waals surface area contributed by atoms with Crippen LogP contribution in [0.15, 0.2) is 12.1 Å². The molecule has 2 heterocycles. The first-order chi connectivity index (χ1) is 14.9. The predicted molar refractivity (Wildman–Crippen MR) is 101 cm³/mol. The molecular weight excluding hydrogens is 486 g/mol. The predicted octanol–water partition coefficient (Wildman–Crippen LogP) is 3.10. The summed E-state index contributed by atoms with van der Waals surface area (Å²) < 4.78 is 84.7. The van der Waals surface area contributed by atoms with Gasteiger partial charge in [-0.2, -0.15) is 18.2 Å². The number of imidazole rings is 1. The number of carbonyl (C=O) groups is 2. The minimum atomic E-state index is -4.88. The molecule has 1 aliphatic heterocycles. The summed E-state index contributed by atoms with van der Waals surface area (Å²) in [6.45, 7) is -0.931. The number of carboxylic acid groups (broad SMARTS) is 1. The number of ether oxygens (including phenoxy) is 1. The number of carbonyl (C=O) groups excluding carboxylic acids is 1. The number of hydrogen-bond donors (Lipinski definition) is 2. The lowest BCUT2D eigenvalue weighted by Crippen LogP contribution is -2.42. The zero-order valence-electron chi connectivity index (χ0n) is 16.5. The number of nitrogens with zero attached hydrogens (tertiary/aromatic N) is 3. The highest BCUT2D eigenvalue weighted by atomic mass is 35.5. The van der Waals surface area contributed by atoms with Crippen LogP contribution in [-0.2, 0) is 30.5 Å². The van der Waals surface area contributed by atoms with Gasteiger partial charge in [-0.3, -0.25) is 4.79 Å². The summed E-state index contributed by atoms with van der Waals surface area (Å²) in [5.41, 5.74) is 5.32. The van der Waals surface area contributed by atoms with Gasteiger partial charge < -0.3 is 25.0 Å². The molecular formula is C18H17ClF6N4O4. The summed E-state index contributed by atoms with van der Waals surface area (Å²) in [5.74, 6) is -6.47. The van der Waals surface area contributed by atoms with Gasteiger partial charge in [-0.15, -0.1) is 12.4 Å². The number of halogens is 7. The molecule has 0 radical (unpaired) electrons. The Hall–Kier alpha value is -3.00. The van der Waals surface area contributed by atoms with E-state index in [9.17, 15) is 35.9 Å². The summed E-state index contributed by atoms with van der Waals surface area (Å²) in [6, 6.07) is -0.0234. The first-order valence-electron chi connectivity index (χ1n) is 9.11. The molecule has 1 atom stereocenters. The van der Waals surface area contributed by atoms with Crippen LogP contribution in [0.4, 0.5) is 31.1 Å². The van der Waals surface area contributed by atoms with E-state index in [-0.39, 0.29) is 49.6 Å². The van der Waals surface area contributed by atoms with Crippen LogP contribution < -0.4 is 10.5 Å². The number of benzene rings is 1. The molecule has 1 aromatic carbocycles. The number of aromatic nitrogens is 2. The molecule has 8 nitrogen and oxygen atoms in total. The van der Waals surface area contributed by atoms with Crippen molar-refractivity contribution in [1.82, 2.24) is 14.5 Å². The van der Waals surface area contributed by atoms with Gasteiger partial charge in [-0.05, 0) is 18.1 Å². The van der Waals surface area contributed by atoms with Crippen molar-refractivity contribution in [3.8, 4) is 5.88 Å². The van der Waals surface area contributed by atoms with Crippen LogP contribution in [0, 0.1) is 17.5 Å². The number of amides is 1. The van der Waals surface area contributed by atoms with Gasteiger partial charge in [0, 0.05) is 31.6 Å². The smallest absolute Gasteiger partial charge is 0.449 e. The maximum absolute atomic E-state index is 13.8. The highest BCUT2D eigenvalue weighted by Gasteiger charge is 2.41. The van der Waals surface area contributed by atoms with E-state index in [4.69, 9.17) is 10.8 Å². The molecule has 3 N–H and O–H groups in total. The van der Waals surface area contributed by atoms with Gasteiger partial charge in [0.25, 0.3) is 0 Å². The normalized spacial score (nSPS) is 14.3. The topological polar surface area (TPSA) is 111 Å². The average molecular weight is 503 g/mol. The van der Waals surface area contributed by atoms with Crippen LogP contribution in [0.1, 0.15) is 23.5 Å². The largest absolute Gasteiger partial charge is 0.512 e. The van der Waals surface area contributed by atoms with E-state index in [1.54, 1.807) is 0 Å². The molecule has 0 saturated carbocycles. The van der Waals surface area contributed by atoms with Crippen molar-refractivity contribution in [2.75, 3.05) is 6.54 Å². The van der Waals surface area contributed by atoms with Gasteiger partial charge in [0.15, 0.2) is 11.6 Å². The zero-order chi connectivity index (χ0) is 23.8. The van der Waals surface area contributed by atoms with Crippen LogP contribution in [-0.4, -0.2) is 44.2 Å². The van der Waals surface area contributed by atoms with Crippen molar-refractivity contribution in [1.29, 1.82) is 0 Å². The molecule has 0 fully saturated rings. The maximum Gasteiger partial charge on any atom is 0.512 e. The Balaban J connectivity index is 0.00000385. The highest BCUT2D eigenvalue weighted by Crippen LogP contribution is 2.35. The lowest BCUT2D eigenvalue weighted by Gasteiger charge is -2.30. The van der Waals surface area contributed by atoms with Crippen LogP contribution in [0.5, 0.6) is 5.88 Å². The molecule has 0 spiro atoms. The number of alkyl halides is 3. The Bertz CT molecular complexity index is 1060. The SMILES string of the molecule is Cl.N[C@@H](CC(=O)N1CCn2c(C(F)(F)F)nc(OC(=O)O)c2C1)Cc1cc(F)c(F)cc1F. The molecule has 1 aromatic heterocycles. The summed E-state index contributed by atoms with van der Waals surface area (Å²) in [6.07, 6.45) is -7.43. The second kappa shape index (κ2) is 9.87. The van der Waals surface area contributed by atoms with Crippen LogP contribution in [0.25, 0.3) is 0 Å². The molecule has 33 heavy (non-hydrogen) atoms. The van der Waals surface area contributed by atoms with Crippen molar-refractivity contribution in [2.24, 2.45) is 5.73 Å². The molecule has 0 unspecified atom stereocenters. The molecule has 3 rings (SSSR count). The van der Waals surface area contributed by atoms with E-state index < -0.39 is 60.0 Å². The van der Waals surface area contributed by atoms with Crippen LogP contribution >= 0.6 is 12.4 Å². The molecule has 2 aromatic rings. The molecule has 182 valence electrons. The lowest BCUT2D eigenvalue weighted by molar-refractivity contribution is -0.148. The third kappa shape index (κ3) is 5.87. The summed E-state index contributed by atoms with van der Waals surface area (Å²) in [7, 11) is 0. The Labute approximate surface area is 188 Å². The van der Waals surface area contributed by atoms with Crippen molar-refractivity contribution in [2.45, 2.75) is 38.1 Å². The molecule has 0 saturated heterocycles. The lowest BCUT2D eigenvalue weighted by atomic mass is 10.0. The second-order valence-corrected chi connectivity index (χ2v) is 7.05. The zero-order valence-corrected chi connectivity index (χ0v) is 17.4. The van der Waals surface area contributed by atoms with Crippen molar-refractivity contribution >= 4 is 24.5 Å². The van der Waals surface area contributed by atoms with E-state index in [2.05, 4.69) is 9.72 Å². The van der Waals surface area contributed by atoms with Gasteiger partial charge in [-0.1, -0.05) is 0 Å². The maximum atomic E-state index is 13.8. The van der Waals surface area contributed by atoms with Crippen LogP contribution in [0.2, 0.25) is 0 Å². The van der Waals surface area contributed by atoms with E-state index in [0.717, 1.165) is 9.47 Å². The molecule has 0 bridgehead atoms. The summed E-state index contributed by atoms with van der Waals surface area (Å²) >= 11 is 0. The van der Waals surface area contributed by atoms with Crippen LogP contribution in [0.3, 0.4) is 0 Å². The molecule has 1 amide bonds. The van der Waals surface area contributed by atoms with E-state index >= 15 is 0 Å². The first kappa shape index (κ1) is 26.3. The minimum Gasteiger partial charge on any atom is -0.449 e. The number of nitrogens with two attached hydrogens (primary N) is 1. The Morgan fingerprint density at radius 3 is 2.39 bits per heavy atom. The number of rotatable bonds is 5. The third-order valence-electron chi connectivity index (χ3n) is 4.77. The Morgan fingerprint density at radius 2 is 1.79 bits per heavy atom. The third-order valence-corrected chi connectivity index (χ3v) is 4.77. The number of fused-ring (bicyclic) bond motifs is 1. The number of hydrogen-bond acceptors (Lipinski definition) is 5. The molecule has 0 aliphatic carbocycles.